The first-order valence-corrected chi connectivity index (χ1v) is 8.99. The van der Waals surface area contributed by atoms with Crippen molar-refractivity contribution in [3.8, 4) is 11.5 Å². The van der Waals surface area contributed by atoms with Crippen LogP contribution in [0.2, 0.25) is 0 Å². The van der Waals surface area contributed by atoms with Gasteiger partial charge in [0, 0.05) is 23.7 Å². The second-order valence-electron chi connectivity index (χ2n) is 6.27. The Morgan fingerprint density at radius 3 is 2.82 bits per heavy atom. The molecular weight excluding hydrogens is 382 g/mol. The van der Waals surface area contributed by atoms with E-state index < -0.39 is 4.92 Å². The monoisotopic (exact) mass is 401 g/mol. The van der Waals surface area contributed by atoms with E-state index in [1.165, 1.54) is 12.1 Å². The highest BCUT2D eigenvalue weighted by atomic mass is 32.1. The molecule has 1 N–H and O–H groups in total. The zero-order chi connectivity index (χ0) is 20.1. The van der Waals surface area contributed by atoms with Gasteiger partial charge in [-0.2, -0.15) is 0 Å². The molecule has 0 aliphatic rings. The molecule has 0 amide bonds. The van der Waals surface area contributed by atoms with Gasteiger partial charge in [0.25, 0.3) is 5.69 Å². The second kappa shape index (κ2) is 8.61. The SMILES string of the molecule is CC(C)N(Cc1nnc(-c2cccc([N+](=O)[O-])c2)o1)C(=S)NCc1ccco1. The lowest BCUT2D eigenvalue weighted by atomic mass is 10.2. The van der Waals surface area contributed by atoms with Gasteiger partial charge in [0.2, 0.25) is 11.8 Å². The lowest BCUT2D eigenvalue weighted by Crippen LogP contribution is -2.43. The van der Waals surface area contributed by atoms with Crippen LogP contribution >= 0.6 is 12.2 Å². The van der Waals surface area contributed by atoms with Crippen molar-refractivity contribution < 1.29 is 13.8 Å². The summed E-state index contributed by atoms with van der Waals surface area (Å²) >= 11 is 5.48. The Hall–Kier alpha value is -3.27. The Kier molecular flexibility index (Phi) is 5.99. The molecule has 3 aromatic rings. The number of benzene rings is 1. The molecule has 1 aromatic carbocycles. The van der Waals surface area contributed by atoms with Gasteiger partial charge in [0.05, 0.1) is 24.3 Å². The summed E-state index contributed by atoms with van der Waals surface area (Å²) in [5.41, 5.74) is 0.451. The minimum absolute atomic E-state index is 0.0376. The molecule has 0 aliphatic heterocycles. The third kappa shape index (κ3) is 4.71. The van der Waals surface area contributed by atoms with Crippen LogP contribution in [0.15, 0.2) is 51.5 Å². The molecule has 3 rings (SSSR count). The van der Waals surface area contributed by atoms with E-state index in [4.69, 9.17) is 21.1 Å². The number of hydrogen-bond donors (Lipinski definition) is 1. The maximum absolute atomic E-state index is 10.9. The van der Waals surface area contributed by atoms with E-state index in [9.17, 15) is 10.1 Å². The third-order valence-corrected chi connectivity index (χ3v) is 4.33. The lowest BCUT2D eigenvalue weighted by molar-refractivity contribution is -0.384. The predicted octanol–water partition coefficient (Wildman–Crippen LogP) is 3.52. The van der Waals surface area contributed by atoms with E-state index in [2.05, 4.69) is 15.5 Å². The number of hydrogen-bond acceptors (Lipinski definition) is 7. The highest BCUT2D eigenvalue weighted by Gasteiger charge is 2.19. The summed E-state index contributed by atoms with van der Waals surface area (Å²) in [6, 6.07) is 9.82. The molecule has 0 atom stereocenters. The van der Waals surface area contributed by atoms with Gasteiger partial charge in [-0.25, -0.2) is 0 Å². The second-order valence-corrected chi connectivity index (χ2v) is 6.65. The fourth-order valence-corrected chi connectivity index (χ4v) is 2.85. The first-order valence-electron chi connectivity index (χ1n) is 8.58. The van der Waals surface area contributed by atoms with E-state index in [-0.39, 0.29) is 17.6 Å². The Labute approximate surface area is 166 Å². The van der Waals surface area contributed by atoms with E-state index in [1.807, 2.05) is 30.9 Å². The van der Waals surface area contributed by atoms with Gasteiger partial charge in [0.15, 0.2) is 5.11 Å². The lowest BCUT2D eigenvalue weighted by Gasteiger charge is -2.28. The van der Waals surface area contributed by atoms with Crippen molar-refractivity contribution in [2.75, 3.05) is 0 Å². The molecule has 0 saturated carbocycles. The van der Waals surface area contributed by atoms with Gasteiger partial charge >= 0.3 is 0 Å². The Balaban J connectivity index is 1.69. The molecule has 10 heteroatoms. The summed E-state index contributed by atoms with van der Waals surface area (Å²) < 4.78 is 11.0. The van der Waals surface area contributed by atoms with Crippen LogP contribution in [-0.4, -0.2) is 31.2 Å². The predicted molar refractivity (Wildman–Crippen MR) is 105 cm³/mol. The summed E-state index contributed by atoms with van der Waals surface area (Å²) in [4.78, 5) is 12.4. The Morgan fingerprint density at radius 2 is 2.14 bits per heavy atom. The molecule has 0 bridgehead atoms. The summed E-state index contributed by atoms with van der Waals surface area (Å²) in [5, 5.41) is 22.7. The number of nitro benzene ring substituents is 1. The first-order chi connectivity index (χ1) is 13.4. The standard InChI is InChI=1S/C18H19N5O4S/c1-12(2)22(18(28)19-10-15-7-4-8-26-15)11-16-20-21-17(27-16)13-5-3-6-14(9-13)23(24)25/h3-9,12H,10-11H2,1-2H3,(H,19,28). The number of nitrogens with one attached hydrogen (secondary N) is 1. The van der Waals surface area contributed by atoms with Gasteiger partial charge in [-0.05, 0) is 44.3 Å². The maximum atomic E-state index is 10.9. The number of thiocarbonyl (C=S) groups is 1. The minimum Gasteiger partial charge on any atom is -0.467 e. The van der Waals surface area contributed by atoms with E-state index >= 15 is 0 Å². The molecule has 0 unspecified atom stereocenters. The molecule has 0 fully saturated rings. The zero-order valence-electron chi connectivity index (χ0n) is 15.4. The molecule has 0 radical (unpaired) electrons. The molecule has 28 heavy (non-hydrogen) atoms. The van der Waals surface area contributed by atoms with E-state index in [0.717, 1.165) is 5.76 Å². The highest BCUT2D eigenvalue weighted by molar-refractivity contribution is 7.80. The minimum atomic E-state index is -0.468. The number of furan rings is 1. The van der Waals surface area contributed by atoms with E-state index in [0.29, 0.717) is 29.7 Å². The van der Waals surface area contributed by atoms with Crippen LogP contribution in [0.4, 0.5) is 5.69 Å². The van der Waals surface area contributed by atoms with Crippen molar-refractivity contribution in [2.45, 2.75) is 33.0 Å². The third-order valence-electron chi connectivity index (χ3n) is 3.95. The van der Waals surface area contributed by atoms with Crippen LogP contribution in [0.25, 0.3) is 11.5 Å². The maximum Gasteiger partial charge on any atom is 0.270 e. The number of nitro groups is 1. The number of nitrogens with zero attached hydrogens (tertiary/aromatic N) is 4. The number of rotatable bonds is 7. The number of aromatic nitrogens is 2. The van der Waals surface area contributed by atoms with Crippen LogP contribution in [0.5, 0.6) is 0 Å². The molecule has 2 aromatic heterocycles. The fourth-order valence-electron chi connectivity index (χ4n) is 2.50. The van der Waals surface area contributed by atoms with Gasteiger partial charge in [0.1, 0.15) is 5.76 Å². The van der Waals surface area contributed by atoms with Crippen LogP contribution < -0.4 is 5.32 Å². The highest BCUT2D eigenvalue weighted by Crippen LogP contribution is 2.23. The average molecular weight is 401 g/mol. The van der Waals surface area contributed by atoms with Crippen molar-refractivity contribution in [1.29, 1.82) is 0 Å². The smallest absolute Gasteiger partial charge is 0.270 e. The summed E-state index contributed by atoms with van der Waals surface area (Å²) in [6.45, 7) is 4.78. The molecule has 0 saturated heterocycles. The molecule has 146 valence electrons. The quantitative estimate of drug-likeness (QED) is 0.361. The van der Waals surface area contributed by atoms with E-state index in [1.54, 1.807) is 18.4 Å². The molecule has 0 aliphatic carbocycles. The van der Waals surface area contributed by atoms with Gasteiger partial charge < -0.3 is 19.1 Å². The summed E-state index contributed by atoms with van der Waals surface area (Å²) in [6.07, 6.45) is 1.61. The van der Waals surface area contributed by atoms with Gasteiger partial charge in [-0.15, -0.1) is 10.2 Å². The topological polar surface area (TPSA) is 110 Å². The molecule has 0 spiro atoms. The first kappa shape index (κ1) is 19.5. The van der Waals surface area contributed by atoms with Crippen molar-refractivity contribution >= 4 is 23.0 Å². The number of non-ortho nitro benzene ring substituents is 1. The summed E-state index contributed by atoms with van der Waals surface area (Å²) in [5.74, 6) is 1.35. The van der Waals surface area contributed by atoms with Crippen molar-refractivity contribution in [2.24, 2.45) is 0 Å². The Bertz CT molecular complexity index is 955. The van der Waals surface area contributed by atoms with Gasteiger partial charge in [-0.3, -0.25) is 10.1 Å². The average Bonchev–Trinajstić information content (AvgIpc) is 3.36. The van der Waals surface area contributed by atoms with Crippen molar-refractivity contribution in [3.63, 3.8) is 0 Å². The molecular formula is C18H19N5O4S. The van der Waals surface area contributed by atoms with Crippen LogP contribution in [0.3, 0.4) is 0 Å². The van der Waals surface area contributed by atoms with Crippen LogP contribution in [0.1, 0.15) is 25.5 Å². The van der Waals surface area contributed by atoms with Crippen LogP contribution in [0, 0.1) is 10.1 Å². The fraction of sp³-hybridized carbons (Fsp3) is 0.278. The Morgan fingerprint density at radius 1 is 1.32 bits per heavy atom. The molecule has 2 heterocycles. The van der Waals surface area contributed by atoms with Crippen molar-refractivity contribution in [1.82, 2.24) is 20.4 Å². The zero-order valence-corrected chi connectivity index (χ0v) is 16.2. The normalized spacial score (nSPS) is 10.8. The van der Waals surface area contributed by atoms with Crippen molar-refractivity contribution in [3.05, 3.63) is 64.4 Å². The largest absolute Gasteiger partial charge is 0.467 e. The molecule has 9 nitrogen and oxygen atoms in total. The summed E-state index contributed by atoms with van der Waals surface area (Å²) in [7, 11) is 0. The van der Waals surface area contributed by atoms with Gasteiger partial charge in [-0.1, -0.05) is 6.07 Å². The van der Waals surface area contributed by atoms with Crippen LogP contribution in [-0.2, 0) is 13.1 Å².